The van der Waals surface area contributed by atoms with E-state index in [2.05, 4.69) is 181 Å². The summed E-state index contributed by atoms with van der Waals surface area (Å²) in [5.74, 6) is 0. The molecule has 0 bridgehead atoms. The SMILES string of the molecule is c1ccc(-c2ccc(-c3ccc(N(c4ccc5sc6ccccc6c5c4)c4ccc5sc6ccccc6c5c4)cc3)c3ccccc23)cc1. The van der Waals surface area contributed by atoms with Gasteiger partial charge in [-0.3, -0.25) is 0 Å². The lowest BCUT2D eigenvalue weighted by Crippen LogP contribution is -2.09. The van der Waals surface area contributed by atoms with Crippen molar-refractivity contribution < 1.29 is 0 Å². The summed E-state index contributed by atoms with van der Waals surface area (Å²) in [6.45, 7) is 0. The topological polar surface area (TPSA) is 3.24 Å². The Morgan fingerprint density at radius 1 is 0.286 bits per heavy atom. The van der Waals surface area contributed by atoms with Gasteiger partial charge in [-0.05, 0) is 93.7 Å². The molecule has 0 amide bonds. The van der Waals surface area contributed by atoms with Crippen LogP contribution in [0.5, 0.6) is 0 Å². The molecule has 0 aliphatic heterocycles. The maximum absolute atomic E-state index is 2.41. The largest absolute Gasteiger partial charge is 0.310 e. The minimum absolute atomic E-state index is 1.13. The molecule has 1 nitrogen and oxygen atoms in total. The van der Waals surface area contributed by atoms with Gasteiger partial charge in [0.15, 0.2) is 0 Å². The van der Waals surface area contributed by atoms with Crippen molar-refractivity contribution in [2.24, 2.45) is 0 Å². The number of thiophene rings is 2. The number of benzene rings is 8. The van der Waals surface area contributed by atoms with Crippen molar-refractivity contribution in [1.29, 1.82) is 0 Å². The van der Waals surface area contributed by atoms with Gasteiger partial charge in [0, 0.05) is 57.4 Å². The molecular weight excluding hydrogens is 631 g/mol. The van der Waals surface area contributed by atoms with E-state index in [1.165, 1.54) is 73.4 Å². The molecule has 0 N–H and O–H groups in total. The van der Waals surface area contributed by atoms with Gasteiger partial charge in [-0.1, -0.05) is 115 Å². The maximum Gasteiger partial charge on any atom is 0.0468 e. The predicted octanol–water partition coefficient (Wildman–Crippen LogP) is 14.4. The smallest absolute Gasteiger partial charge is 0.0468 e. The van der Waals surface area contributed by atoms with Gasteiger partial charge >= 0.3 is 0 Å². The highest BCUT2D eigenvalue weighted by Gasteiger charge is 2.17. The fraction of sp³-hybridized carbons (Fsp3) is 0. The van der Waals surface area contributed by atoms with Crippen LogP contribution < -0.4 is 4.90 Å². The van der Waals surface area contributed by atoms with Gasteiger partial charge in [0.25, 0.3) is 0 Å². The Labute approximate surface area is 292 Å². The van der Waals surface area contributed by atoms with E-state index in [0.717, 1.165) is 17.1 Å². The molecule has 3 heteroatoms. The van der Waals surface area contributed by atoms with Gasteiger partial charge in [0.2, 0.25) is 0 Å². The van der Waals surface area contributed by atoms with Crippen LogP contribution in [0, 0.1) is 0 Å². The minimum Gasteiger partial charge on any atom is -0.310 e. The second-order valence-electron chi connectivity index (χ2n) is 12.5. The number of rotatable bonds is 5. The van der Waals surface area contributed by atoms with E-state index >= 15 is 0 Å². The predicted molar refractivity (Wildman–Crippen MR) is 215 cm³/mol. The number of hydrogen-bond donors (Lipinski definition) is 0. The van der Waals surface area contributed by atoms with Crippen molar-refractivity contribution in [3.63, 3.8) is 0 Å². The van der Waals surface area contributed by atoms with Gasteiger partial charge in [-0.25, -0.2) is 0 Å². The first-order valence-corrected chi connectivity index (χ1v) is 18.2. The fourth-order valence-electron chi connectivity index (χ4n) is 7.36. The quantitative estimate of drug-likeness (QED) is 0.178. The highest BCUT2D eigenvalue weighted by atomic mass is 32.1. The summed E-state index contributed by atoms with van der Waals surface area (Å²) in [6, 6.07) is 64.5. The highest BCUT2D eigenvalue weighted by molar-refractivity contribution is 7.26. The average Bonchev–Trinajstić information content (AvgIpc) is 3.73. The van der Waals surface area contributed by atoms with Gasteiger partial charge in [0.05, 0.1) is 0 Å². The Morgan fingerprint density at radius 2 is 0.694 bits per heavy atom. The summed E-state index contributed by atoms with van der Waals surface area (Å²) >= 11 is 3.72. The second-order valence-corrected chi connectivity index (χ2v) is 14.7. The minimum atomic E-state index is 1.13. The Morgan fingerprint density at radius 3 is 1.22 bits per heavy atom. The van der Waals surface area contributed by atoms with Crippen molar-refractivity contribution >= 4 is 90.9 Å². The number of nitrogens with zero attached hydrogens (tertiary/aromatic N) is 1. The molecule has 0 radical (unpaired) electrons. The third-order valence-electron chi connectivity index (χ3n) is 9.68. The Hall–Kier alpha value is -5.74. The van der Waals surface area contributed by atoms with Crippen LogP contribution in [0.2, 0.25) is 0 Å². The first-order chi connectivity index (χ1) is 24.3. The zero-order valence-electron chi connectivity index (χ0n) is 26.5. The van der Waals surface area contributed by atoms with Crippen molar-refractivity contribution in [1.82, 2.24) is 0 Å². The second kappa shape index (κ2) is 11.5. The average molecular weight is 660 g/mol. The molecule has 49 heavy (non-hydrogen) atoms. The van der Waals surface area contributed by atoms with Gasteiger partial charge < -0.3 is 4.90 Å². The molecule has 10 aromatic rings. The lowest BCUT2D eigenvalue weighted by atomic mass is 9.92. The zero-order valence-corrected chi connectivity index (χ0v) is 28.1. The van der Waals surface area contributed by atoms with E-state index in [1.54, 1.807) is 0 Å². The summed E-state index contributed by atoms with van der Waals surface area (Å²) in [5.41, 5.74) is 8.38. The zero-order chi connectivity index (χ0) is 32.3. The molecule has 0 unspecified atom stereocenters. The standard InChI is InChI=1S/C46H29NS2/c1-2-10-30(11-3-1)35-24-25-36(38-13-5-4-12-37(35)38)31-18-20-32(21-19-31)47(33-22-26-45-41(28-33)39-14-6-8-16-43(39)48-45)34-23-27-46-42(29-34)40-15-7-9-17-44(40)49-46/h1-29H. The van der Waals surface area contributed by atoms with Crippen LogP contribution in [0.3, 0.4) is 0 Å². The third kappa shape index (κ3) is 4.74. The maximum atomic E-state index is 2.41. The van der Waals surface area contributed by atoms with Gasteiger partial charge in [0.1, 0.15) is 0 Å². The lowest BCUT2D eigenvalue weighted by Gasteiger charge is -2.26. The number of hydrogen-bond acceptors (Lipinski definition) is 3. The molecule has 2 heterocycles. The monoisotopic (exact) mass is 659 g/mol. The van der Waals surface area contributed by atoms with Crippen LogP contribution in [0.1, 0.15) is 0 Å². The van der Waals surface area contributed by atoms with E-state index < -0.39 is 0 Å². The summed E-state index contributed by atoms with van der Waals surface area (Å²) in [7, 11) is 0. The van der Waals surface area contributed by atoms with Crippen molar-refractivity contribution in [2.75, 3.05) is 4.90 Å². The summed E-state index contributed by atoms with van der Waals surface area (Å²) < 4.78 is 5.26. The van der Waals surface area contributed by atoms with Crippen LogP contribution in [0.25, 0.3) is 73.4 Å². The summed E-state index contributed by atoms with van der Waals surface area (Å²) in [4.78, 5) is 2.41. The molecule has 0 aliphatic rings. The third-order valence-corrected chi connectivity index (χ3v) is 12.0. The van der Waals surface area contributed by atoms with Gasteiger partial charge in [-0.2, -0.15) is 0 Å². The van der Waals surface area contributed by atoms with Crippen molar-refractivity contribution in [2.45, 2.75) is 0 Å². The molecule has 230 valence electrons. The molecule has 8 aromatic carbocycles. The lowest BCUT2D eigenvalue weighted by molar-refractivity contribution is 1.30. The molecule has 0 spiro atoms. The first kappa shape index (κ1) is 28.3. The Bertz CT molecular complexity index is 2710. The van der Waals surface area contributed by atoms with Crippen LogP contribution in [0.4, 0.5) is 17.1 Å². The van der Waals surface area contributed by atoms with Crippen LogP contribution >= 0.6 is 22.7 Å². The molecule has 0 saturated heterocycles. The van der Waals surface area contributed by atoms with Crippen LogP contribution in [0.15, 0.2) is 176 Å². The summed E-state index contributed by atoms with van der Waals surface area (Å²) in [5, 5.41) is 7.75. The van der Waals surface area contributed by atoms with Gasteiger partial charge in [-0.15, -0.1) is 22.7 Å². The molecule has 10 rings (SSSR count). The molecule has 2 aromatic heterocycles. The van der Waals surface area contributed by atoms with E-state index in [0.29, 0.717) is 0 Å². The first-order valence-electron chi connectivity index (χ1n) is 16.6. The Kier molecular flexibility index (Phi) is 6.61. The fourth-order valence-corrected chi connectivity index (χ4v) is 9.54. The van der Waals surface area contributed by atoms with E-state index in [-0.39, 0.29) is 0 Å². The normalized spacial score (nSPS) is 11.7. The van der Waals surface area contributed by atoms with E-state index in [9.17, 15) is 0 Å². The molecule has 0 saturated carbocycles. The summed E-state index contributed by atoms with van der Waals surface area (Å²) in [6.07, 6.45) is 0. The molecule has 0 atom stereocenters. The van der Waals surface area contributed by atoms with Crippen LogP contribution in [-0.2, 0) is 0 Å². The van der Waals surface area contributed by atoms with Crippen molar-refractivity contribution in [3.8, 4) is 22.3 Å². The molecular formula is C46H29NS2. The molecule has 0 fully saturated rings. The molecule has 0 aliphatic carbocycles. The Balaban J connectivity index is 1.13. The van der Waals surface area contributed by atoms with E-state index in [4.69, 9.17) is 0 Å². The number of anilines is 3. The highest BCUT2D eigenvalue weighted by Crippen LogP contribution is 2.44. The van der Waals surface area contributed by atoms with Crippen LogP contribution in [-0.4, -0.2) is 0 Å². The van der Waals surface area contributed by atoms with Crippen molar-refractivity contribution in [3.05, 3.63) is 176 Å². The number of fused-ring (bicyclic) bond motifs is 7. The van der Waals surface area contributed by atoms with E-state index in [1.807, 2.05) is 22.7 Å².